The molecule has 0 fully saturated rings. The van der Waals surface area contributed by atoms with E-state index >= 15 is 0 Å². The number of fused-ring (bicyclic) bond motifs is 3. The van der Waals surface area contributed by atoms with Gasteiger partial charge in [0.25, 0.3) is 0 Å². The molecule has 2 aliphatic heterocycles. The number of H-pyrrole nitrogens is 1. The Bertz CT molecular complexity index is 1300. The first-order chi connectivity index (χ1) is 16.2. The number of nitrogens with one attached hydrogen (secondary N) is 2. The van der Waals surface area contributed by atoms with Crippen molar-refractivity contribution in [3.63, 3.8) is 0 Å². The van der Waals surface area contributed by atoms with Crippen molar-refractivity contribution in [1.82, 2.24) is 4.98 Å². The van der Waals surface area contributed by atoms with Gasteiger partial charge >= 0.3 is 0 Å². The molecule has 5 heteroatoms. The van der Waals surface area contributed by atoms with Crippen LogP contribution in [0.4, 0.5) is 11.4 Å². The quantitative estimate of drug-likeness (QED) is 0.487. The van der Waals surface area contributed by atoms with Crippen LogP contribution in [-0.4, -0.2) is 23.4 Å². The van der Waals surface area contributed by atoms with Gasteiger partial charge in [-0.1, -0.05) is 53.9 Å². The third-order valence-corrected chi connectivity index (χ3v) is 9.07. The molecule has 1 aliphatic carbocycles. The number of allylic oxidation sites excluding steroid dienone is 4. The number of quaternary nitrogens is 1. The summed E-state index contributed by atoms with van der Waals surface area (Å²) in [6.45, 7) is 6.58. The summed E-state index contributed by atoms with van der Waals surface area (Å²) in [7, 11) is 0. The van der Waals surface area contributed by atoms with Crippen LogP contribution in [0.2, 0.25) is 0 Å². The van der Waals surface area contributed by atoms with Gasteiger partial charge in [0.1, 0.15) is 5.69 Å². The van der Waals surface area contributed by atoms with E-state index in [0.29, 0.717) is 5.37 Å². The summed E-state index contributed by atoms with van der Waals surface area (Å²) in [6, 6.07) is 19.8. The van der Waals surface area contributed by atoms with E-state index in [-0.39, 0.29) is 0 Å². The Balaban J connectivity index is 1.36. The molecule has 0 radical (unpaired) electrons. The second-order valence-corrected chi connectivity index (χ2v) is 10.8. The summed E-state index contributed by atoms with van der Waals surface area (Å²) in [4.78, 5) is 10.2. The Morgan fingerprint density at radius 1 is 1.06 bits per heavy atom. The SMILES string of the molecule is CCN1/C(=C/C2=CC(=C/C3Sc4ccccc4[NH+]3CC)/Cc3[nH]ccc32)Sc2ccccc21. The van der Waals surface area contributed by atoms with Gasteiger partial charge < -0.3 is 9.88 Å². The Labute approximate surface area is 204 Å². The number of rotatable bonds is 4. The summed E-state index contributed by atoms with van der Waals surface area (Å²) >= 11 is 3.87. The van der Waals surface area contributed by atoms with Crippen molar-refractivity contribution in [1.29, 1.82) is 0 Å². The van der Waals surface area contributed by atoms with Gasteiger partial charge in [-0.25, -0.2) is 0 Å². The van der Waals surface area contributed by atoms with Crippen LogP contribution < -0.4 is 9.80 Å². The average Bonchev–Trinajstić information content (AvgIpc) is 3.53. The van der Waals surface area contributed by atoms with Crippen LogP contribution in [0.15, 0.2) is 99.4 Å². The maximum Gasteiger partial charge on any atom is 0.163 e. The first kappa shape index (κ1) is 21.0. The molecule has 0 spiro atoms. The number of anilines is 1. The number of likely N-dealkylation sites (N-methyl/N-ethyl adjacent to an activating group) is 1. The normalized spacial score (nSPS) is 23.6. The molecule has 1 aromatic heterocycles. The lowest BCUT2D eigenvalue weighted by Crippen LogP contribution is -3.08. The second kappa shape index (κ2) is 8.64. The highest BCUT2D eigenvalue weighted by Gasteiger charge is 2.33. The van der Waals surface area contributed by atoms with E-state index in [2.05, 4.69) is 103 Å². The van der Waals surface area contributed by atoms with Crippen LogP contribution in [0.3, 0.4) is 0 Å². The van der Waals surface area contributed by atoms with Gasteiger partial charge in [-0.15, -0.1) is 0 Å². The van der Waals surface area contributed by atoms with Crippen molar-refractivity contribution in [3.8, 4) is 0 Å². The zero-order chi connectivity index (χ0) is 22.4. The molecule has 3 nitrogen and oxygen atoms in total. The molecule has 0 saturated carbocycles. The topological polar surface area (TPSA) is 23.5 Å². The highest BCUT2D eigenvalue weighted by Crippen LogP contribution is 2.47. The van der Waals surface area contributed by atoms with E-state index in [4.69, 9.17) is 0 Å². The predicted octanol–water partition coefficient (Wildman–Crippen LogP) is 6.02. The fourth-order valence-corrected chi connectivity index (χ4v) is 7.73. The molecule has 0 saturated heterocycles. The molecular formula is C28H28N3S2+. The molecule has 2 N–H and O–H groups in total. The number of nitrogens with zero attached hydrogens (tertiary/aromatic N) is 1. The summed E-state index contributed by atoms with van der Waals surface area (Å²) < 4.78 is 0. The highest BCUT2D eigenvalue weighted by atomic mass is 32.2. The lowest BCUT2D eigenvalue weighted by Gasteiger charge is -2.21. The molecule has 2 aromatic carbocycles. The van der Waals surface area contributed by atoms with Crippen molar-refractivity contribution >= 4 is 40.5 Å². The van der Waals surface area contributed by atoms with Gasteiger partial charge in [-0.2, -0.15) is 0 Å². The van der Waals surface area contributed by atoms with Gasteiger partial charge in [-0.05, 0) is 61.4 Å². The number of thioether (sulfide) groups is 2. The van der Waals surface area contributed by atoms with Crippen LogP contribution in [0.5, 0.6) is 0 Å². The van der Waals surface area contributed by atoms with Crippen molar-refractivity contribution in [3.05, 3.63) is 101 Å². The number of para-hydroxylation sites is 2. The van der Waals surface area contributed by atoms with Gasteiger partial charge in [0.15, 0.2) is 5.37 Å². The average molecular weight is 471 g/mol. The van der Waals surface area contributed by atoms with Crippen molar-refractivity contribution < 1.29 is 4.90 Å². The minimum Gasteiger partial charge on any atom is -0.364 e. The van der Waals surface area contributed by atoms with Gasteiger partial charge in [0.2, 0.25) is 0 Å². The lowest BCUT2D eigenvalue weighted by molar-refractivity contribution is -0.833. The number of hydrogen-bond donors (Lipinski definition) is 2. The molecule has 166 valence electrons. The Kier molecular flexibility index (Phi) is 5.49. The van der Waals surface area contributed by atoms with Crippen LogP contribution in [0.1, 0.15) is 25.1 Å². The summed E-state index contributed by atoms with van der Waals surface area (Å²) in [6.07, 6.45) is 10.3. The summed E-state index contributed by atoms with van der Waals surface area (Å²) in [5.74, 6) is 0. The molecule has 3 heterocycles. The van der Waals surface area contributed by atoms with Crippen LogP contribution >= 0.6 is 23.5 Å². The fourth-order valence-electron chi connectivity index (χ4n) is 5.12. The Hall–Kier alpha value is -2.60. The van der Waals surface area contributed by atoms with Crippen molar-refractivity contribution in [2.24, 2.45) is 0 Å². The molecule has 2 atom stereocenters. The standard InChI is InChI=1S/C28H27N3S2/c1-3-30-23-9-5-7-11-25(23)32-27(30)17-19-15-20(21-13-14-29-22(21)16-19)18-28-31(4-2)24-10-6-8-12-26(24)33-28/h5-15,17-18,27,29H,3-4,16H2,1-2H3/p+1/b19-17-,28-18-. The highest BCUT2D eigenvalue weighted by molar-refractivity contribution is 8.03. The monoisotopic (exact) mass is 470 g/mol. The molecule has 33 heavy (non-hydrogen) atoms. The van der Waals surface area contributed by atoms with Crippen LogP contribution in [-0.2, 0) is 6.42 Å². The molecule has 3 aliphatic rings. The Morgan fingerprint density at radius 2 is 1.88 bits per heavy atom. The zero-order valence-electron chi connectivity index (χ0n) is 19.0. The molecule has 0 bridgehead atoms. The fraction of sp³-hybridized carbons (Fsp3) is 0.214. The molecule has 3 aromatic rings. The molecule has 2 unspecified atom stereocenters. The van der Waals surface area contributed by atoms with Crippen molar-refractivity contribution in [2.75, 3.05) is 18.0 Å². The summed E-state index contributed by atoms with van der Waals surface area (Å²) in [5, 5.41) is 1.73. The van der Waals surface area contributed by atoms with Gasteiger partial charge in [-0.3, -0.25) is 4.90 Å². The van der Waals surface area contributed by atoms with Gasteiger partial charge in [0.05, 0.1) is 22.2 Å². The maximum absolute atomic E-state index is 3.51. The first-order valence-corrected chi connectivity index (χ1v) is 13.4. The molecule has 6 rings (SSSR count). The maximum atomic E-state index is 3.51. The predicted molar refractivity (Wildman–Crippen MR) is 141 cm³/mol. The van der Waals surface area contributed by atoms with E-state index < -0.39 is 0 Å². The third-order valence-electron chi connectivity index (χ3n) is 6.67. The second-order valence-electron chi connectivity index (χ2n) is 8.60. The lowest BCUT2D eigenvalue weighted by atomic mass is 9.92. The van der Waals surface area contributed by atoms with Crippen molar-refractivity contribution in [2.45, 2.75) is 35.4 Å². The van der Waals surface area contributed by atoms with Gasteiger partial charge in [0, 0.05) is 41.4 Å². The number of aromatic nitrogens is 1. The minimum absolute atomic E-state index is 0.418. The van der Waals surface area contributed by atoms with E-state index in [1.165, 1.54) is 48.6 Å². The largest absolute Gasteiger partial charge is 0.364 e. The summed E-state index contributed by atoms with van der Waals surface area (Å²) in [5.41, 5.74) is 8.10. The zero-order valence-corrected chi connectivity index (χ0v) is 20.6. The van der Waals surface area contributed by atoms with E-state index in [0.717, 1.165) is 19.5 Å². The third kappa shape index (κ3) is 3.68. The number of aromatic amines is 1. The first-order valence-electron chi connectivity index (χ1n) is 11.7. The van der Waals surface area contributed by atoms with E-state index in [9.17, 15) is 0 Å². The Morgan fingerprint density at radius 3 is 2.73 bits per heavy atom. The molecule has 0 amide bonds. The minimum atomic E-state index is 0.418. The van der Waals surface area contributed by atoms with Crippen LogP contribution in [0, 0.1) is 0 Å². The number of benzene rings is 2. The molecular weight excluding hydrogens is 442 g/mol. The van der Waals surface area contributed by atoms with E-state index in [1.54, 1.807) is 4.90 Å². The smallest absolute Gasteiger partial charge is 0.163 e. The number of hydrogen-bond acceptors (Lipinski definition) is 3. The van der Waals surface area contributed by atoms with Crippen LogP contribution in [0.25, 0.3) is 5.57 Å². The van der Waals surface area contributed by atoms with E-state index in [1.807, 2.05) is 23.5 Å².